The molecule has 0 bridgehead atoms. The Labute approximate surface area is 39.5 Å². The fourth-order valence-corrected chi connectivity index (χ4v) is 0.377. The molecule has 4 heteroatoms. The molecule has 0 aliphatic carbocycles. The van der Waals surface area contributed by atoms with Gasteiger partial charge in [0, 0.05) is 11.8 Å². The predicted molar refractivity (Wildman–Crippen MR) is 18.4 cm³/mol. The lowest BCUT2D eigenvalue weighted by Gasteiger charge is -2.24. The molecular formula is C3H5F2NO. The molecule has 1 heterocycles. The van der Waals surface area contributed by atoms with Crippen molar-refractivity contribution in [3.8, 4) is 0 Å². The van der Waals surface area contributed by atoms with Crippen molar-refractivity contribution in [3.63, 3.8) is 0 Å². The minimum atomic E-state index is -0.917. The van der Waals surface area contributed by atoms with E-state index in [1.54, 1.807) is 0 Å². The summed E-state index contributed by atoms with van der Waals surface area (Å²) in [5.74, 6) is 0. The molecule has 1 aliphatic heterocycles. The van der Waals surface area contributed by atoms with E-state index in [0.717, 1.165) is 0 Å². The second kappa shape index (κ2) is 1.71. The maximum absolute atomic E-state index is 11.2. The first-order valence-electron chi connectivity index (χ1n) is 2.03. The smallest absolute Gasteiger partial charge is 0.172 e. The molecule has 1 rings (SSSR count). The minimum Gasteiger partial charge on any atom is -0.357 e. The van der Waals surface area contributed by atoms with E-state index >= 15 is 0 Å². The van der Waals surface area contributed by atoms with Gasteiger partial charge in [-0.1, -0.05) is 8.96 Å². The highest BCUT2D eigenvalue weighted by atomic mass is 19.4. The maximum atomic E-state index is 11.2. The Bertz CT molecular complexity index is 64.0. The van der Waals surface area contributed by atoms with E-state index in [1.165, 1.54) is 0 Å². The molecule has 1 atom stereocenters. The Kier molecular flexibility index (Phi) is 1.21. The van der Waals surface area contributed by atoms with Crippen LogP contribution in [0.3, 0.4) is 0 Å². The van der Waals surface area contributed by atoms with Gasteiger partial charge in [0.15, 0.2) is 6.23 Å². The molecule has 0 radical (unpaired) electrons. The van der Waals surface area contributed by atoms with E-state index in [0.29, 0.717) is 13.0 Å². The lowest BCUT2D eigenvalue weighted by atomic mass is 10.3. The highest BCUT2D eigenvalue weighted by Gasteiger charge is 2.25. The Balaban J connectivity index is 2.14. The van der Waals surface area contributed by atoms with Crippen molar-refractivity contribution < 1.29 is 13.7 Å². The van der Waals surface area contributed by atoms with Crippen LogP contribution in [0.15, 0.2) is 0 Å². The van der Waals surface area contributed by atoms with Gasteiger partial charge in [-0.3, -0.25) is 0 Å². The quantitative estimate of drug-likeness (QED) is 0.462. The minimum absolute atomic E-state index is 0.451. The summed E-state index contributed by atoms with van der Waals surface area (Å²) in [7, 11) is 0. The van der Waals surface area contributed by atoms with Crippen LogP contribution >= 0.6 is 0 Å². The van der Waals surface area contributed by atoms with Gasteiger partial charge in [-0.15, -0.1) is 0 Å². The molecule has 42 valence electrons. The average Bonchev–Trinajstić information content (AvgIpc) is 1.23. The van der Waals surface area contributed by atoms with Crippen molar-refractivity contribution in [3.05, 3.63) is 0 Å². The summed E-state index contributed by atoms with van der Waals surface area (Å²) < 4.78 is 26.7. The molecule has 0 saturated carbocycles. The first-order valence-corrected chi connectivity index (χ1v) is 2.03. The third kappa shape index (κ3) is 0.863. The normalized spacial score (nSPS) is 30.4. The molecule has 2 nitrogen and oxygen atoms in total. The highest BCUT2D eigenvalue weighted by molar-refractivity contribution is 4.56. The summed E-state index contributed by atoms with van der Waals surface area (Å²) in [6.45, 7) is 0.467. The second-order valence-corrected chi connectivity index (χ2v) is 1.37. The van der Waals surface area contributed by atoms with Crippen LogP contribution < -0.4 is 0 Å². The van der Waals surface area contributed by atoms with E-state index in [9.17, 15) is 8.96 Å². The Hall–Kier alpha value is -0.220. The number of hydrogen-bond acceptors (Lipinski definition) is 2. The first-order chi connectivity index (χ1) is 3.30. The van der Waals surface area contributed by atoms with E-state index in [-0.39, 0.29) is 0 Å². The molecule has 7 heavy (non-hydrogen) atoms. The summed E-state index contributed by atoms with van der Waals surface area (Å²) in [5.41, 5.74) is 0. The Morgan fingerprint density at radius 3 is 2.14 bits per heavy atom. The van der Waals surface area contributed by atoms with Gasteiger partial charge in [-0.2, -0.15) is 0 Å². The van der Waals surface area contributed by atoms with Crippen molar-refractivity contribution in [1.82, 2.24) is 5.34 Å². The zero-order valence-corrected chi connectivity index (χ0v) is 3.60. The molecule has 1 aliphatic rings. The average molecular weight is 109 g/mol. The van der Waals surface area contributed by atoms with E-state index < -0.39 is 11.6 Å². The van der Waals surface area contributed by atoms with Crippen LogP contribution in [0.4, 0.5) is 8.96 Å². The van der Waals surface area contributed by atoms with Crippen LogP contribution in [0, 0.1) is 0 Å². The summed E-state index contributed by atoms with van der Waals surface area (Å²) in [6, 6.07) is 0. The molecule has 0 spiro atoms. The standard InChI is InChI=1S/C3H5F2NO/c4-6(5)3-1-2-7-3/h3H,1-2H2. The molecule has 0 aromatic heterocycles. The van der Waals surface area contributed by atoms with E-state index in [2.05, 4.69) is 4.74 Å². The summed E-state index contributed by atoms with van der Waals surface area (Å²) in [6.07, 6.45) is -0.465. The largest absolute Gasteiger partial charge is 0.357 e. The summed E-state index contributed by atoms with van der Waals surface area (Å²) in [5, 5.41) is -0.913. The van der Waals surface area contributed by atoms with Crippen LogP contribution in [0.5, 0.6) is 0 Å². The number of ether oxygens (including phenoxy) is 1. The molecule has 1 fully saturated rings. The SMILES string of the molecule is FN(F)C1CCO1. The van der Waals surface area contributed by atoms with Gasteiger partial charge in [-0.05, 0) is 0 Å². The van der Waals surface area contributed by atoms with E-state index in [1.807, 2.05) is 0 Å². The lowest BCUT2D eigenvalue weighted by Crippen LogP contribution is -2.35. The zero-order valence-electron chi connectivity index (χ0n) is 3.60. The van der Waals surface area contributed by atoms with Crippen molar-refractivity contribution in [2.24, 2.45) is 0 Å². The maximum Gasteiger partial charge on any atom is 0.172 e. The Morgan fingerprint density at radius 1 is 1.57 bits per heavy atom. The molecule has 0 aromatic rings. The van der Waals surface area contributed by atoms with Gasteiger partial charge in [-0.25, -0.2) is 0 Å². The fraction of sp³-hybridized carbons (Fsp3) is 1.00. The van der Waals surface area contributed by atoms with Crippen LogP contribution in [-0.2, 0) is 4.74 Å². The summed E-state index contributed by atoms with van der Waals surface area (Å²) >= 11 is 0. The van der Waals surface area contributed by atoms with Crippen LogP contribution in [0.25, 0.3) is 0 Å². The number of nitrogens with zero attached hydrogens (tertiary/aromatic N) is 1. The van der Waals surface area contributed by atoms with Crippen molar-refractivity contribution in [2.45, 2.75) is 12.6 Å². The van der Waals surface area contributed by atoms with Crippen LogP contribution in [-0.4, -0.2) is 18.2 Å². The van der Waals surface area contributed by atoms with Crippen LogP contribution in [0.2, 0.25) is 0 Å². The Morgan fingerprint density at radius 2 is 2.14 bits per heavy atom. The van der Waals surface area contributed by atoms with Crippen molar-refractivity contribution >= 4 is 0 Å². The number of hydrogen-bond donors (Lipinski definition) is 0. The molecular weight excluding hydrogens is 104 g/mol. The van der Waals surface area contributed by atoms with Crippen molar-refractivity contribution in [1.29, 1.82) is 0 Å². The molecule has 0 amide bonds. The molecule has 0 aromatic carbocycles. The van der Waals surface area contributed by atoms with Gasteiger partial charge in [0.05, 0.1) is 6.61 Å². The van der Waals surface area contributed by atoms with E-state index in [4.69, 9.17) is 0 Å². The zero-order chi connectivity index (χ0) is 5.28. The second-order valence-electron chi connectivity index (χ2n) is 1.37. The molecule has 0 N–H and O–H groups in total. The predicted octanol–water partition coefficient (Wildman–Crippen LogP) is 0.804. The van der Waals surface area contributed by atoms with Crippen LogP contribution in [0.1, 0.15) is 6.42 Å². The molecule has 1 saturated heterocycles. The fourth-order valence-electron chi connectivity index (χ4n) is 0.377. The lowest BCUT2D eigenvalue weighted by molar-refractivity contribution is -0.303. The monoisotopic (exact) mass is 109 g/mol. The van der Waals surface area contributed by atoms with Gasteiger partial charge in [0.25, 0.3) is 0 Å². The third-order valence-electron chi connectivity index (χ3n) is 0.893. The number of halogens is 2. The van der Waals surface area contributed by atoms with Gasteiger partial charge >= 0.3 is 0 Å². The topological polar surface area (TPSA) is 12.5 Å². The first kappa shape index (κ1) is 4.93. The van der Waals surface area contributed by atoms with Gasteiger partial charge in [0.2, 0.25) is 0 Å². The number of rotatable bonds is 1. The highest BCUT2D eigenvalue weighted by Crippen LogP contribution is 2.15. The molecule has 1 unspecified atom stereocenters. The third-order valence-corrected chi connectivity index (χ3v) is 0.893. The van der Waals surface area contributed by atoms with Crippen molar-refractivity contribution in [2.75, 3.05) is 6.61 Å². The van der Waals surface area contributed by atoms with Gasteiger partial charge < -0.3 is 4.74 Å². The van der Waals surface area contributed by atoms with Gasteiger partial charge in [0.1, 0.15) is 0 Å². The summed E-state index contributed by atoms with van der Waals surface area (Å²) in [4.78, 5) is 0.